The van der Waals surface area contributed by atoms with E-state index in [2.05, 4.69) is 23.1 Å². The first-order valence-corrected chi connectivity index (χ1v) is 12.7. The minimum atomic E-state index is 0.0702. The highest BCUT2D eigenvalue weighted by atomic mass is 32.1. The van der Waals surface area contributed by atoms with Crippen molar-refractivity contribution in [3.8, 4) is 16.2 Å². The van der Waals surface area contributed by atoms with Crippen LogP contribution in [0.5, 0.6) is 5.75 Å². The Morgan fingerprint density at radius 2 is 1.52 bits per heavy atom. The Balaban J connectivity index is 1.36. The average molecular weight is 456 g/mol. The van der Waals surface area contributed by atoms with Crippen LogP contribution in [-0.4, -0.2) is 36.9 Å². The molecule has 2 heterocycles. The summed E-state index contributed by atoms with van der Waals surface area (Å²) in [6.07, 6.45) is 5.30. The fourth-order valence-electron chi connectivity index (χ4n) is 4.56. The van der Waals surface area contributed by atoms with Crippen LogP contribution in [0.4, 0.5) is 0 Å². The van der Waals surface area contributed by atoms with E-state index in [9.17, 15) is 4.79 Å². The molecule has 0 spiro atoms. The van der Waals surface area contributed by atoms with Gasteiger partial charge in [-0.3, -0.25) is 9.69 Å². The van der Waals surface area contributed by atoms with Crippen LogP contribution in [0.15, 0.2) is 78.9 Å². The van der Waals surface area contributed by atoms with E-state index in [1.807, 2.05) is 60.7 Å². The van der Waals surface area contributed by atoms with Crippen LogP contribution >= 0.6 is 11.3 Å². The molecule has 1 fully saturated rings. The van der Waals surface area contributed by atoms with Crippen LogP contribution in [0, 0.1) is 0 Å². The summed E-state index contributed by atoms with van der Waals surface area (Å²) in [5, 5.41) is 1.02. The Bertz CT molecular complexity index is 1210. The van der Waals surface area contributed by atoms with Crippen LogP contribution in [0.25, 0.3) is 20.5 Å². The Kier molecular flexibility index (Phi) is 6.84. The van der Waals surface area contributed by atoms with Gasteiger partial charge in [-0.2, -0.15) is 0 Å². The van der Waals surface area contributed by atoms with Gasteiger partial charge < -0.3 is 4.74 Å². The van der Waals surface area contributed by atoms with Crippen molar-refractivity contribution in [2.75, 3.05) is 26.2 Å². The van der Waals surface area contributed by atoms with Crippen molar-refractivity contribution < 1.29 is 9.53 Å². The zero-order valence-corrected chi connectivity index (χ0v) is 19.7. The molecule has 1 aromatic heterocycles. The first kappa shape index (κ1) is 21.9. The van der Waals surface area contributed by atoms with E-state index in [-0.39, 0.29) is 5.78 Å². The maximum absolute atomic E-state index is 13.5. The number of benzene rings is 3. The van der Waals surface area contributed by atoms with E-state index >= 15 is 0 Å². The van der Waals surface area contributed by atoms with Gasteiger partial charge >= 0.3 is 0 Å². The normalized spacial score (nSPS) is 14.8. The number of rotatable bonds is 7. The molecule has 1 saturated heterocycles. The third kappa shape index (κ3) is 5.02. The zero-order valence-electron chi connectivity index (χ0n) is 18.8. The van der Waals surface area contributed by atoms with Crippen LogP contribution in [0.2, 0.25) is 0 Å². The molecule has 3 nitrogen and oxygen atoms in total. The van der Waals surface area contributed by atoms with E-state index in [4.69, 9.17) is 4.74 Å². The molecule has 1 aliphatic heterocycles. The monoisotopic (exact) mass is 455 g/mol. The molecule has 0 aliphatic carbocycles. The molecular formula is C29H29NO2S. The lowest BCUT2D eigenvalue weighted by atomic mass is 9.98. The summed E-state index contributed by atoms with van der Waals surface area (Å²) >= 11 is 1.68. The molecule has 0 atom stereocenters. The molecule has 0 radical (unpaired) electrons. The number of hydrogen-bond donors (Lipinski definition) is 0. The summed E-state index contributed by atoms with van der Waals surface area (Å²) in [5.74, 6) is 0.950. The average Bonchev–Trinajstić information content (AvgIpc) is 3.05. The number of nitrogens with zero attached hydrogens (tertiary/aromatic N) is 1. The fraction of sp³-hybridized carbons (Fsp3) is 0.276. The van der Waals surface area contributed by atoms with Gasteiger partial charge in [0.25, 0.3) is 0 Å². The lowest BCUT2D eigenvalue weighted by Crippen LogP contribution is -2.29. The SMILES string of the molecule is O=C(c1ccccc1)c1c(-c2ccc(OCCN3CCCCCC3)cc2)sc2ccccc12. The van der Waals surface area contributed by atoms with E-state index in [0.717, 1.165) is 43.9 Å². The second kappa shape index (κ2) is 10.3. The van der Waals surface area contributed by atoms with Gasteiger partial charge in [0.2, 0.25) is 0 Å². The Morgan fingerprint density at radius 3 is 2.27 bits per heavy atom. The molecule has 0 N–H and O–H groups in total. The summed E-state index contributed by atoms with van der Waals surface area (Å²) in [6.45, 7) is 4.06. The molecule has 5 rings (SSSR count). The van der Waals surface area contributed by atoms with Crippen molar-refractivity contribution in [3.63, 3.8) is 0 Å². The molecule has 168 valence electrons. The maximum Gasteiger partial charge on any atom is 0.195 e. The zero-order chi connectivity index (χ0) is 22.5. The first-order valence-electron chi connectivity index (χ1n) is 11.9. The maximum atomic E-state index is 13.5. The summed E-state index contributed by atoms with van der Waals surface area (Å²) in [5.41, 5.74) is 2.56. The van der Waals surface area contributed by atoms with Crippen molar-refractivity contribution in [2.24, 2.45) is 0 Å². The van der Waals surface area contributed by atoms with Gasteiger partial charge in [-0.05, 0) is 61.8 Å². The van der Waals surface area contributed by atoms with Crippen LogP contribution in [-0.2, 0) is 0 Å². The molecule has 4 heteroatoms. The predicted molar refractivity (Wildman–Crippen MR) is 138 cm³/mol. The number of carbonyl (C=O) groups excluding carboxylic acids is 1. The number of carbonyl (C=O) groups is 1. The van der Waals surface area contributed by atoms with Gasteiger partial charge in [0, 0.05) is 32.6 Å². The lowest BCUT2D eigenvalue weighted by molar-refractivity contribution is 0.104. The smallest absolute Gasteiger partial charge is 0.195 e. The number of thiophene rings is 1. The van der Waals surface area contributed by atoms with Crippen molar-refractivity contribution in [1.82, 2.24) is 4.90 Å². The van der Waals surface area contributed by atoms with Crippen LogP contribution in [0.3, 0.4) is 0 Å². The summed E-state index contributed by atoms with van der Waals surface area (Å²) in [4.78, 5) is 17.0. The number of likely N-dealkylation sites (tertiary alicyclic amines) is 1. The topological polar surface area (TPSA) is 29.5 Å². The molecule has 3 aromatic carbocycles. The van der Waals surface area contributed by atoms with Crippen molar-refractivity contribution >= 4 is 27.2 Å². The first-order chi connectivity index (χ1) is 16.3. The number of ether oxygens (including phenoxy) is 1. The molecule has 1 aliphatic rings. The number of ketones is 1. The molecule has 0 saturated carbocycles. The molecule has 33 heavy (non-hydrogen) atoms. The minimum Gasteiger partial charge on any atom is -0.492 e. The standard InChI is InChI=1S/C29H29NO2S/c31-28(22-10-4-3-5-11-22)27-25-12-6-7-13-26(25)33-29(27)23-14-16-24(17-15-23)32-21-20-30-18-8-1-2-9-19-30/h3-7,10-17H,1-2,8-9,18-21H2. The minimum absolute atomic E-state index is 0.0702. The van der Waals surface area contributed by atoms with E-state index < -0.39 is 0 Å². The van der Waals surface area contributed by atoms with Gasteiger partial charge in [0.1, 0.15) is 12.4 Å². The number of fused-ring (bicyclic) bond motifs is 1. The second-order valence-electron chi connectivity index (χ2n) is 8.63. The highest BCUT2D eigenvalue weighted by molar-refractivity contribution is 7.22. The molecule has 0 unspecified atom stereocenters. The van der Waals surface area contributed by atoms with Crippen LogP contribution < -0.4 is 4.74 Å². The van der Waals surface area contributed by atoms with Gasteiger partial charge in [0.05, 0.1) is 0 Å². The third-order valence-corrected chi connectivity index (χ3v) is 7.57. The van der Waals surface area contributed by atoms with E-state index in [0.29, 0.717) is 6.61 Å². The lowest BCUT2D eigenvalue weighted by Gasteiger charge is -2.19. The molecular weight excluding hydrogens is 426 g/mol. The van der Waals surface area contributed by atoms with Gasteiger partial charge in [-0.1, -0.05) is 61.4 Å². The Hall–Kier alpha value is -2.95. The predicted octanol–water partition coefficient (Wildman–Crippen LogP) is 7.05. The quantitative estimate of drug-likeness (QED) is 0.280. The van der Waals surface area contributed by atoms with Crippen LogP contribution in [0.1, 0.15) is 41.6 Å². The summed E-state index contributed by atoms with van der Waals surface area (Å²) in [7, 11) is 0. The van der Waals surface area contributed by atoms with Gasteiger partial charge in [0.15, 0.2) is 5.78 Å². The fourth-order valence-corrected chi connectivity index (χ4v) is 5.77. The number of hydrogen-bond acceptors (Lipinski definition) is 4. The Morgan fingerprint density at radius 1 is 0.818 bits per heavy atom. The largest absolute Gasteiger partial charge is 0.492 e. The van der Waals surface area contributed by atoms with Gasteiger partial charge in [-0.25, -0.2) is 0 Å². The molecule has 4 aromatic rings. The third-order valence-electron chi connectivity index (χ3n) is 6.35. The van der Waals surface area contributed by atoms with E-state index in [1.165, 1.54) is 38.8 Å². The molecule has 0 bridgehead atoms. The van der Waals surface area contributed by atoms with Crippen molar-refractivity contribution in [2.45, 2.75) is 25.7 Å². The van der Waals surface area contributed by atoms with Gasteiger partial charge in [-0.15, -0.1) is 11.3 Å². The molecule has 0 amide bonds. The van der Waals surface area contributed by atoms with Crippen molar-refractivity contribution in [1.29, 1.82) is 0 Å². The van der Waals surface area contributed by atoms with E-state index in [1.54, 1.807) is 11.3 Å². The highest BCUT2D eigenvalue weighted by Crippen LogP contribution is 2.40. The summed E-state index contributed by atoms with van der Waals surface area (Å²) < 4.78 is 7.17. The van der Waals surface area contributed by atoms with Crippen molar-refractivity contribution in [3.05, 3.63) is 90.0 Å². The Labute approximate surface area is 199 Å². The second-order valence-corrected chi connectivity index (χ2v) is 9.68. The summed E-state index contributed by atoms with van der Waals surface area (Å²) in [6, 6.07) is 25.9. The highest BCUT2D eigenvalue weighted by Gasteiger charge is 2.21.